The summed E-state index contributed by atoms with van der Waals surface area (Å²) in [6.45, 7) is 10.0. The van der Waals surface area contributed by atoms with Gasteiger partial charge >= 0.3 is 23.9 Å². The molecule has 0 amide bonds. The lowest BCUT2D eigenvalue weighted by molar-refractivity contribution is 0.0450. The van der Waals surface area contributed by atoms with Gasteiger partial charge in [0.1, 0.15) is 0 Å². The maximum Gasteiger partial charge on any atom is 0.339 e. The minimum Gasteiger partial charge on any atom is -0.462 e. The van der Waals surface area contributed by atoms with Crippen molar-refractivity contribution in [3.05, 3.63) is 58.7 Å². The maximum absolute atomic E-state index is 13.8. The Morgan fingerprint density at radius 2 is 0.456 bits per heavy atom. The van der Waals surface area contributed by atoms with Crippen LogP contribution in [0.5, 0.6) is 0 Å². The summed E-state index contributed by atoms with van der Waals surface area (Å²) >= 11 is 0. The summed E-state index contributed by atoms with van der Waals surface area (Å²) in [5, 5.41) is 0. The smallest absolute Gasteiger partial charge is 0.339 e. The molecule has 68 heavy (non-hydrogen) atoms. The monoisotopic (exact) mass is 947 g/mol. The second-order valence-corrected chi connectivity index (χ2v) is 19.4. The molecule has 8 heteroatoms. The van der Waals surface area contributed by atoms with Crippen molar-refractivity contribution in [1.82, 2.24) is 0 Å². The molecule has 0 fully saturated rings. The van der Waals surface area contributed by atoms with Crippen molar-refractivity contribution >= 4 is 23.9 Å². The predicted octanol–water partition coefficient (Wildman–Crippen LogP) is 18.1. The summed E-state index contributed by atoms with van der Waals surface area (Å²) in [4.78, 5) is 54.7. The average molecular weight is 947 g/mol. The van der Waals surface area contributed by atoms with E-state index in [2.05, 4.69) is 27.7 Å². The van der Waals surface area contributed by atoms with E-state index in [0.717, 1.165) is 77.0 Å². The molecule has 2 aromatic carbocycles. The van der Waals surface area contributed by atoms with Crippen LogP contribution in [0.4, 0.5) is 0 Å². The lowest BCUT2D eigenvalue weighted by Gasteiger charge is -2.14. The van der Waals surface area contributed by atoms with Crippen LogP contribution in [0.25, 0.3) is 11.1 Å². The zero-order chi connectivity index (χ0) is 49.1. The van der Waals surface area contributed by atoms with Crippen LogP contribution in [0.2, 0.25) is 0 Å². The van der Waals surface area contributed by atoms with Crippen molar-refractivity contribution in [2.24, 2.45) is 0 Å². The van der Waals surface area contributed by atoms with Crippen molar-refractivity contribution < 1.29 is 38.1 Å². The molecule has 2 rings (SSSR count). The van der Waals surface area contributed by atoms with Gasteiger partial charge in [0.05, 0.1) is 48.7 Å². The fourth-order valence-electron chi connectivity index (χ4n) is 8.76. The number of unbranched alkanes of at least 4 members (excludes halogenated alkanes) is 32. The normalized spacial score (nSPS) is 11.2. The second-order valence-electron chi connectivity index (χ2n) is 19.4. The first-order valence-corrected chi connectivity index (χ1v) is 28.3. The summed E-state index contributed by atoms with van der Waals surface area (Å²) < 4.78 is 23.0. The summed E-state index contributed by atoms with van der Waals surface area (Å²) in [6.07, 6.45) is 41.5. The molecule has 0 N–H and O–H groups in total. The third kappa shape index (κ3) is 28.7. The molecule has 0 saturated heterocycles. The van der Waals surface area contributed by atoms with Gasteiger partial charge in [-0.2, -0.15) is 0 Å². The molecule has 0 radical (unpaired) electrons. The van der Waals surface area contributed by atoms with Gasteiger partial charge in [-0.3, -0.25) is 0 Å². The maximum atomic E-state index is 13.8. The number of ether oxygens (including phenoxy) is 4. The Bertz CT molecular complexity index is 1480. The van der Waals surface area contributed by atoms with Gasteiger partial charge < -0.3 is 18.9 Å². The highest BCUT2D eigenvalue weighted by atomic mass is 16.5. The largest absolute Gasteiger partial charge is 0.462 e. The highest BCUT2D eigenvalue weighted by Gasteiger charge is 2.24. The fraction of sp³-hybridized carbons (Fsp3) is 0.733. The number of rotatable bonds is 45. The highest BCUT2D eigenvalue weighted by Crippen LogP contribution is 2.28. The van der Waals surface area contributed by atoms with E-state index in [4.69, 9.17) is 18.9 Å². The van der Waals surface area contributed by atoms with E-state index in [-0.39, 0.29) is 48.7 Å². The Kier molecular flexibility index (Phi) is 37.5. The summed E-state index contributed by atoms with van der Waals surface area (Å²) in [6, 6.07) is 10.0. The lowest BCUT2D eigenvalue weighted by Crippen LogP contribution is -2.16. The van der Waals surface area contributed by atoms with E-state index in [1.165, 1.54) is 154 Å². The fourth-order valence-corrected chi connectivity index (χ4v) is 8.76. The SMILES string of the molecule is CCCCCCCCCCCOC(=O)c1ccc(-c2ccc(C(=O)OCCCCCCCCCCC)c(C(=O)OCCCCCCCCCCC)c2)cc1C(=O)OCCCCCCCCCCC. The molecule has 386 valence electrons. The standard InChI is InChI=1S/C60H98O8/c1-5-9-13-17-21-25-29-33-37-45-65-57(61)53-43-41-51(49-55(53)59(63)67-47-39-35-31-27-23-19-15-11-7-3)52-42-44-54(58(62)66-46-38-34-30-26-22-18-14-10-6-2)56(50-52)60(64)68-48-40-36-32-28-24-20-16-12-8-4/h41-44,49-50H,5-40,45-48H2,1-4H3. The van der Waals surface area contributed by atoms with Gasteiger partial charge in [-0.25, -0.2) is 19.2 Å². The minimum atomic E-state index is -0.585. The van der Waals surface area contributed by atoms with Gasteiger partial charge in [0.25, 0.3) is 0 Å². The number of carbonyl (C=O) groups is 4. The molecule has 8 nitrogen and oxygen atoms in total. The zero-order valence-electron chi connectivity index (χ0n) is 44.0. The van der Waals surface area contributed by atoms with Gasteiger partial charge in [-0.05, 0) is 61.1 Å². The Labute approximate surface area is 415 Å². The molecule has 0 saturated carbocycles. The van der Waals surface area contributed by atoms with E-state index in [1.807, 2.05) is 0 Å². The number of carbonyl (C=O) groups excluding carboxylic acids is 4. The number of esters is 4. The van der Waals surface area contributed by atoms with Crippen molar-refractivity contribution in [3.8, 4) is 11.1 Å². The van der Waals surface area contributed by atoms with Crippen LogP contribution in [-0.2, 0) is 18.9 Å². The Morgan fingerprint density at radius 1 is 0.265 bits per heavy atom. The number of hydrogen-bond acceptors (Lipinski definition) is 8. The van der Waals surface area contributed by atoms with Crippen molar-refractivity contribution in [2.45, 2.75) is 259 Å². The number of hydrogen-bond donors (Lipinski definition) is 0. The Morgan fingerprint density at radius 3 is 0.676 bits per heavy atom. The third-order valence-electron chi connectivity index (χ3n) is 13.2. The summed E-state index contributed by atoms with van der Waals surface area (Å²) in [7, 11) is 0. The van der Waals surface area contributed by atoms with Gasteiger partial charge in [0, 0.05) is 0 Å². The molecule has 0 heterocycles. The third-order valence-corrected chi connectivity index (χ3v) is 13.2. The molecule has 0 aliphatic rings. The van der Waals surface area contributed by atoms with Crippen molar-refractivity contribution in [3.63, 3.8) is 0 Å². The molecule has 0 atom stereocenters. The quantitative estimate of drug-likeness (QED) is 0.0367. The van der Waals surface area contributed by atoms with Crippen LogP contribution >= 0.6 is 0 Å². The average Bonchev–Trinajstić information content (AvgIpc) is 3.35. The molecular weight excluding hydrogens is 849 g/mol. The first kappa shape index (κ1) is 60.4. The minimum absolute atomic E-state index is 0.120. The van der Waals surface area contributed by atoms with Gasteiger partial charge in [0.2, 0.25) is 0 Å². The van der Waals surface area contributed by atoms with Crippen LogP contribution in [0.1, 0.15) is 300 Å². The molecule has 0 aliphatic heterocycles. The van der Waals surface area contributed by atoms with Crippen LogP contribution in [0, 0.1) is 0 Å². The Balaban J connectivity index is 2.22. The Hall–Kier alpha value is -3.68. The van der Waals surface area contributed by atoms with Gasteiger partial charge in [-0.1, -0.05) is 245 Å². The van der Waals surface area contributed by atoms with Crippen LogP contribution < -0.4 is 0 Å². The summed E-state index contributed by atoms with van der Waals surface area (Å²) in [5.41, 5.74) is 1.73. The first-order chi connectivity index (χ1) is 33.4. The van der Waals surface area contributed by atoms with E-state index in [0.29, 0.717) is 11.1 Å². The first-order valence-electron chi connectivity index (χ1n) is 28.3. The van der Waals surface area contributed by atoms with E-state index < -0.39 is 23.9 Å². The van der Waals surface area contributed by atoms with Crippen LogP contribution in [-0.4, -0.2) is 50.3 Å². The van der Waals surface area contributed by atoms with Gasteiger partial charge in [-0.15, -0.1) is 0 Å². The van der Waals surface area contributed by atoms with Crippen LogP contribution in [0.3, 0.4) is 0 Å². The van der Waals surface area contributed by atoms with E-state index >= 15 is 0 Å². The topological polar surface area (TPSA) is 105 Å². The van der Waals surface area contributed by atoms with Crippen molar-refractivity contribution in [2.75, 3.05) is 26.4 Å². The number of benzene rings is 2. The second kappa shape index (κ2) is 42.2. The zero-order valence-corrected chi connectivity index (χ0v) is 44.0. The van der Waals surface area contributed by atoms with E-state index in [9.17, 15) is 19.2 Å². The van der Waals surface area contributed by atoms with Crippen molar-refractivity contribution in [1.29, 1.82) is 0 Å². The molecule has 0 bridgehead atoms. The molecule has 0 spiro atoms. The molecule has 2 aromatic rings. The predicted molar refractivity (Wildman–Crippen MR) is 282 cm³/mol. The molecule has 0 aromatic heterocycles. The lowest BCUT2D eigenvalue weighted by atomic mass is 9.95. The molecular formula is C60H98O8. The highest BCUT2D eigenvalue weighted by molar-refractivity contribution is 6.06. The summed E-state index contributed by atoms with van der Waals surface area (Å²) in [5.74, 6) is -2.29. The molecule has 0 unspecified atom stereocenters. The van der Waals surface area contributed by atoms with E-state index in [1.54, 1.807) is 36.4 Å². The van der Waals surface area contributed by atoms with Crippen LogP contribution in [0.15, 0.2) is 36.4 Å². The molecule has 0 aliphatic carbocycles. The van der Waals surface area contributed by atoms with Gasteiger partial charge in [0.15, 0.2) is 0 Å².